The average molecular weight is 317 g/mol. The topological polar surface area (TPSA) is 150 Å². The summed E-state index contributed by atoms with van der Waals surface area (Å²) >= 11 is 0. The van der Waals surface area contributed by atoms with Crippen molar-refractivity contribution in [1.29, 1.82) is 0 Å². The Morgan fingerprint density at radius 2 is 1.68 bits per heavy atom. The van der Waals surface area contributed by atoms with Gasteiger partial charge in [0.05, 0.1) is 0 Å². The first-order chi connectivity index (χ1) is 10.2. The second-order valence-electron chi connectivity index (χ2n) is 4.91. The molecule has 1 unspecified atom stereocenters. The molecule has 0 aromatic heterocycles. The van der Waals surface area contributed by atoms with Gasteiger partial charge >= 0.3 is 18.0 Å². The van der Waals surface area contributed by atoms with Crippen molar-refractivity contribution < 1.29 is 29.4 Å². The number of nitrogens with zero attached hydrogens (tertiary/aromatic N) is 1. The third kappa shape index (κ3) is 9.56. The summed E-state index contributed by atoms with van der Waals surface area (Å²) in [6.45, 7) is 2.89. The Hall–Kier alpha value is -2.32. The minimum atomic E-state index is -1.23. The molecule has 126 valence electrons. The van der Waals surface area contributed by atoms with E-state index >= 15 is 0 Å². The summed E-state index contributed by atoms with van der Waals surface area (Å²) in [6.07, 6.45) is 3.08. The van der Waals surface area contributed by atoms with Crippen LogP contribution in [0.15, 0.2) is 0 Å². The van der Waals surface area contributed by atoms with Crippen LogP contribution in [0.2, 0.25) is 0 Å². The number of piperidine rings is 1. The molecule has 0 aromatic rings. The van der Waals surface area contributed by atoms with Gasteiger partial charge in [-0.05, 0) is 25.7 Å². The van der Waals surface area contributed by atoms with Crippen LogP contribution >= 0.6 is 0 Å². The zero-order chi connectivity index (χ0) is 17.1. The van der Waals surface area contributed by atoms with E-state index in [1.54, 1.807) is 4.90 Å². The first kappa shape index (κ1) is 19.7. The second-order valence-corrected chi connectivity index (χ2v) is 4.91. The molecule has 9 nitrogen and oxygen atoms in total. The van der Waals surface area contributed by atoms with E-state index in [2.05, 4.69) is 5.32 Å². The zero-order valence-electron chi connectivity index (χ0n) is 12.6. The molecule has 22 heavy (non-hydrogen) atoms. The van der Waals surface area contributed by atoms with Gasteiger partial charge in [-0.2, -0.15) is 0 Å². The average Bonchev–Trinajstić information content (AvgIpc) is 2.44. The van der Waals surface area contributed by atoms with Crippen LogP contribution in [0.3, 0.4) is 0 Å². The smallest absolute Gasteiger partial charge is 0.326 e. The monoisotopic (exact) mass is 317 g/mol. The van der Waals surface area contributed by atoms with E-state index in [9.17, 15) is 19.2 Å². The van der Waals surface area contributed by atoms with Crippen LogP contribution in [0.1, 0.15) is 39.0 Å². The number of aliphatic carboxylic acids is 2. The normalized spacial score (nSPS) is 15.0. The molecule has 1 aliphatic rings. The molecule has 1 heterocycles. The van der Waals surface area contributed by atoms with Gasteiger partial charge in [0, 0.05) is 26.4 Å². The third-order valence-electron chi connectivity index (χ3n) is 2.99. The van der Waals surface area contributed by atoms with Crippen LogP contribution in [-0.2, 0) is 14.4 Å². The Kier molecular flexibility index (Phi) is 9.31. The number of carbonyl (C=O) groups excluding carboxylic acids is 2. The number of hydrogen-bond acceptors (Lipinski definition) is 4. The van der Waals surface area contributed by atoms with Gasteiger partial charge in [-0.15, -0.1) is 0 Å². The Labute approximate surface area is 128 Å². The highest BCUT2D eigenvalue weighted by Gasteiger charge is 2.18. The molecule has 0 bridgehead atoms. The van der Waals surface area contributed by atoms with Crippen molar-refractivity contribution >= 4 is 23.9 Å². The maximum absolute atomic E-state index is 10.5. The number of nitrogens with two attached hydrogens (primary N) is 1. The Balaban J connectivity index is 0.000000425. The molecule has 1 aliphatic heterocycles. The summed E-state index contributed by atoms with van der Waals surface area (Å²) in [5.41, 5.74) is 5.05. The lowest BCUT2D eigenvalue weighted by molar-refractivity contribution is -0.142. The second kappa shape index (κ2) is 10.4. The SMILES string of the molecule is CC(=O)NC(CCC(=O)O)C(=O)O.NC(=O)N1CCCCC1. The van der Waals surface area contributed by atoms with Gasteiger partial charge < -0.3 is 26.2 Å². The maximum Gasteiger partial charge on any atom is 0.326 e. The fourth-order valence-electron chi connectivity index (χ4n) is 1.88. The van der Waals surface area contributed by atoms with Crippen LogP contribution < -0.4 is 11.1 Å². The minimum Gasteiger partial charge on any atom is -0.481 e. The van der Waals surface area contributed by atoms with E-state index in [1.165, 1.54) is 13.3 Å². The molecule has 1 saturated heterocycles. The lowest BCUT2D eigenvalue weighted by atomic mass is 10.1. The number of amides is 3. The Bertz CT molecular complexity index is 407. The molecule has 0 aromatic carbocycles. The molecule has 0 radical (unpaired) electrons. The summed E-state index contributed by atoms with van der Waals surface area (Å²) in [7, 11) is 0. The highest BCUT2D eigenvalue weighted by molar-refractivity contribution is 5.82. The summed E-state index contributed by atoms with van der Waals surface area (Å²) < 4.78 is 0. The van der Waals surface area contributed by atoms with Crippen LogP contribution in [0.4, 0.5) is 4.79 Å². The Morgan fingerprint density at radius 1 is 1.14 bits per heavy atom. The van der Waals surface area contributed by atoms with Gasteiger partial charge in [-0.3, -0.25) is 9.59 Å². The Morgan fingerprint density at radius 3 is 2.00 bits per heavy atom. The minimum absolute atomic E-state index is 0.107. The number of rotatable bonds is 5. The number of likely N-dealkylation sites (tertiary alicyclic amines) is 1. The maximum atomic E-state index is 10.5. The summed E-state index contributed by atoms with van der Waals surface area (Å²) in [6, 6.07) is -1.39. The van der Waals surface area contributed by atoms with Crippen molar-refractivity contribution in [2.75, 3.05) is 13.1 Å². The lowest BCUT2D eigenvalue weighted by Crippen LogP contribution is -2.39. The number of urea groups is 1. The molecular weight excluding hydrogens is 294 g/mol. The zero-order valence-corrected chi connectivity index (χ0v) is 12.6. The van der Waals surface area contributed by atoms with Crippen LogP contribution in [0, 0.1) is 0 Å². The number of hydrogen-bond donors (Lipinski definition) is 4. The van der Waals surface area contributed by atoms with Gasteiger partial charge in [-0.25, -0.2) is 9.59 Å². The van der Waals surface area contributed by atoms with Crippen LogP contribution in [-0.4, -0.2) is 58.1 Å². The van der Waals surface area contributed by atoms with Crippen molar-refractivity contribution in [3.8, 4) is 0 Å². The largest absolute Gasteiger partial charge is 0.481 e. The molecule has 1 rings (SSSR count). The fourth-order valence-corrected chi connectivity index (χ4v) is 1.88. The summed E-state index contributed by atoms with van der Waals surface area (Å²) in [5, 5.41) is 18.9. The number of primary amides is 1. The quantitative estimate of drug-likeness (QED) is 0.560. The van der Waals surface area contributed by atoms with Crippen molar-refractivity contribution in [2.45, 2.75) is 45.1 Å². The van der Waals surface area contributed by atoms with Crippen LogP contribution in [0.25, 0.3) is 0 Å². The van der Waals surface area contributed by atoms with Crippen molar-refractivity contribution in [3.05, 3.63) is 0 Å². The highest BCUT2D eigenvalue weighted by atomic mass is 16.4. The molecule has 1 atom stereocenters. The van der Waals surface area contributed by atoms with E-state index < -0.39 is 23.9 Å². The molecule has 0 aliphatic carbocycles. The van der Waals surface area contributed by atoms with Gasteiger partial charge in [0.1, 0.15) is 6.04 Å². The predicted molar refractivity (Wildman–Crippen MR) is 77.1 cm³/mol. The van der Waals surface area contributed by atoms with E-state index in [1.807, 2.05) is 0 Å². The molecule has 3 amide bonds. The number of carboxylic acid groups (broad SMARTS) is 2. The van der Waals surface area contributed by atoms with Gasteiger partial charge in [-0.1, -0.05) is 0 Å². The summed E-state index contributed by atoms with van der Waals surface area (Å²) in [4.78, 5) is 43.2. The molecular formula is C13H23N3O6. The highest BCUT2D eigenvalue weighted by Crippen LogP contribution is 2.07. The number of carboxylic acids is 2. The number of nitrogens with one attached hydrogen (secondary N) is 1. The van der Waals surface area contributed by atoms with Gasteiger partial charge in [0.15, 0.2) is 0 Å². The molecule has 0 spiro atoms. The van der Waals surface area contributed by atoms with E-state index in [0.29, 0.717) is 0 Å². The first-order valence-corrected chi connectivity index (χ1v) is 7.00. The predicted octanol–water partition coefficient (Wildman–Crippen LogP) is -0.00850. The van der Waals surface area contributed by atoms with Crippen molar-refractivity contribution in [1.82, 2.24) is 10.2 Å². The van der Waals surface area contributed by atoms with Gasteiger partial charge in [0.25, 0.3) is 0 Å². The van der Waals surface area contributed by atoms with Gasteiger partial charge in [0.2, 0.25) is 5.91 Å². The van der Waals surface area contributed by atoms with E-state index in [-0.39, 0.29) is 18.9 Å². The van der Waals surface area contributed by atoms with Crippen LogP contribution in [0.5, 0.6) is 0 Å². The molecule has 1 fully saturated rings. The van der Waals surface area contributed by atoms with Crippen molar-refractivity contribution in [3.63, 3.8) is 0 Å². The number of carbonyl (C=O) groups is 4. The van der Waals surface area contributed by atoms with E-state index in [0.717, 1.165) is 25.9 Å². The van der Waals surface area contributed by atoms with Crippen molar-refractivity contribution in [2.24, 2.45) is 5.73 Å². The molecule has 9 heteroatoms. The molecule has 0 saturated carbocycles. The standard InChI is InChI=1S/C7H11NO5.C6H12N2O/c1-4(9)8-5(7(12)13)2-3-6(10)11;7-6(9)8-4-2-1-3-5-8/h5H,2-3H2,1H3,(H,8,9)(H,10,11)(H,12,13);1-5H2,(H2,7,9). The lowest BCUT2D eigenvalue weighted by Gasteiger charge is -2.24. The third-order valence-corrected chi connectivity index (χ3v) is 2.99. The first-order valence-electron chi connectivity index (χ1n) is 7.00. The summed E-state index contributed by atoms with van der Waals surface area (Å²) in [5.74, 6) is -2.80. The fraction of sp³-hybridized carbons (Fsp3) is 0.692. The molecule has 5 N–H and O–H groups in total. The van der Waals surface area contributed by atoms with E-state index in [4.69, 9.17) is 15.9 Å².